The summed E-state index contributed by atoms with van der Waals surface area (Å²) >= 11 is 0.655. The standard InChI is InChI=1S/C20H11F6NO4S/c1-20(25,26)31-9-4-2-3-8(7-9)11-12(21)14(23)16(15(24)13(11)22)27-18(28)10-5-6-32-17(10)19(29)30/h2-7H,1H3,(H,27,28)(H,29,30). The molecule has 0 fully saturated rings. The number of alkyl halides is 2. The number of carbonyl (C=O) groups is 2. The number of benzene rings is 2. The number of carboxylic acids is 1. The molecule has 12 heteroatoms. The van der Waals surface area contributed by atoms with Crippen molar-refractivity contribution in [2.45, 2.75) is 13.0 Å². The van der Waals surface area contributed by atoms with E-state index in [1.807, 2.05) is 0 Å². The fraction of sp³-hybridized carbons (Fsp3) is 0.100. The van der Waals surface area contributed by atoms with Crippen LogP contribution in [0, 0.1) is 23.3 Å². The van der Waals surface area contributed by atoms with Crippen molar-refractivity contribution in [2.24, 2.45) is 0 Å². The molecule has 0 spiro atoms. The van der Waals surface area contributed by atoms with Gasteiger partial charge in [0.05, 0.1) is 11.1 Å². The van der Waals surface area contributed by atoms with E-state index in [4.69, 9.17) is 5.11 Å². The molecule has 1 heterocycles. The first kappa shape index (κ1) is 23.1. The van der Waals surface area contributed by atoms with Crippen LogP contribution in [-0.2, 0) is 0 Å². The Morgan fingerprint density at radius 1 is 1.03 bits per heavy atom. The number of carboxylic acid groups (broad SMARTS) is 1. The quantitative estimate of drug-likeness (QED) is 0.343. The topological polar surface area (TPSA) is 75.6 Å². The number of thiophene rings is 1. The normalized spacial score (nSPS) is 11.3. The van der Waals surface area contributed by atoms with Gasteiger partial charge < -0.3 is 15.2 Å². The predicted molar refractivity (Wildman–Crippen MR) is 102 cm³/mol. The van der Waals surface area contributed by atoms with Crippen molar-refractivity contribution in [3.63, 3.8) is 0 Å². The lowest BCUT2D eigenvalue weighted by Crippen LogP contribution is -2.19. The largest absolute Gasteiger partial charge is 0.477 e. The molecular weight excluding hydrogens is 464 g/mol. The van der Waals surface area contributed by atoms with Crippen molar-refractivity contribution in [1.29, 1.82) is 0 Å². The van der Waals surface area contributed by atoms with Gasteiger partial charge in [0.1, 0.15) is 16.3 Å². The zero-order valence-electron chi connectivity index (χ0n) is 15.8. The highest BCUT2D eigenvalue weighted by atomic mass is 32.1. The second kappa shape index (κ2) is 8.54. The minimum absolute atomic E-state index is 0.418. The molecule has 2 N–H and O–H groups in total. The van der Waals surface area contributed by atoms with Gasteiger partial charge >= 0.3 is 12.1 Å². The summed E-state index contributed by atoms with van der Waals surface area (Å²) in [6.45, 7) is 0.418. The second-order valence-electron chi connectivity index (χ2n) is 6.37. The molecule has 5 nitrogen and oxygen atoms in total. The molecule has 0 aliphatic carbocycles. The number of hydrogen-bond donors (Lipinski definition) is 2. The lowest BCUT2D eigenvalue weighted by Gasteiger charge is -2.15. The van der Waals surface area contributed by atoms with Crippen molar-refractivity contribution in [1.82, 2.24) is 0 Å². The van der Waals surface area contributed by atoms with E-state index in [-0.39, 0.29) is 0 Å². The molecule has 0 bridgehead atoms. The van der Waals surface area contributed by atoms with Crippen molar-refractivity contribution < 1.29 is 45.8 Å². The maximum Gasteiger partial charge on any atom is 0.394 e. The Hall–Kier alpha value is -3.54. The number of carbonyl (C=O) groups excluding carboxylic acids is 1. The third-order valence-corrected chi connectivity index (χ3v) is 4.93. The molecule has 0 saturated heterocycles. The first-order chi connectivity index (χ1) is 14.9. The summed E-state index contributed by atoms with van der Waals surface area (Å²) in [6, 6.07) is 4.92. The Kier molecular flexibility index (Phi) is 6.17. The molecule has 1 aromatic heterocycles. The molecule has 32 heavy (non-hydrogen) atoms. The molecule has 0 radical (unpaired) electrons. The summed E-state index contributed by atoms with van der Waals surface area (Å²) in [5.74, 6) is -11.1. The van der Waals surface area contributed by atoms with Gasteiger partial charge in [-0.15, -0.1) is 11.3 Å². The summed E-state index contributed by atoms with van der Waals surface area (Å²) in [6.07, 6.45) is -3.63. The van der Waals surface area contributed by atoms with Crippen LogP contribution in [-0.4, -0.2) is 23.1 Å². The van der Waals surface area contributed by atoms with Gasteiger partial charge in [-0.3, -0.25) is 4.79 Å². The Morgan fingerprint density at radius 2 is 1.66 bits per heavy atom. The second-order valence-corrected chi connectivity index (χ2v) is 7.28. The smallest absolute Gasteiger partial charge is 0.394 e. The van der Waals surface area contributed by atoms with Gasteiger partial charge in [0.25, 0.3) is 5.91 Å². The van der Waals surface area contributed by atoms with Crippen LogP contribution in [0.2, 0.25) is 0 Å². The summed E-state index contributed by atoms with van der Waals surface area (Å²) in [5.41, 5.74) is -3.69. The molecule has 0 aliphatic rings. The molecule has 0 atom stereocenters. The van der Waals surface area contributed by atoms with Gasteiger partial charge in [-0.1, -0.05) is 12.1 Å². The maximum absolute atomic E-state index is 14.6. The van der Waals surface area contributed by atoms with Gasteiger partial charge in [0.2, 0.25) is 0 Å². The van der Waals surface area contributed by atoms with Gasteiger partial charge in [-0.2, -0.15) is 8.78 Å². The molecule has 0 saturated carbocycles. The highest BCUT2D eigenvalue weighted by molar-refractivity contribution is 7.12. The summed E-state index contributed by atoms with van der Waals surface area (Å²) in [5, 5.41) is 11.9. The van der Waals surface area contributed by atoms with Gasteiger partial charge in [0, 0.05) is 6.92 Å². The molecule has 168 valence electrons. The SMILES string of the molecule is CC(F)(F)Oc1cccc(-c2c(F)c(F)c(NC(=O)c3ccsc3C(=O)O)c(F)c2F)c1. The first-order valence-corrected chi connectivity index (χ1v) is 9.44. The van der Waals surface area contributed by atoms with Crippen LogP contribution < -0.4 is 10.1 Å². The molecule has 1 amide bonds. The maximum atomic E-state index is 14.6. The van der Waals surface area contributed by atoms with E-state index < -0.39 is 74.3 Å². The Bertz CT molecular complexity index is 1190. The third kappa shape index (κ3) is 4.54. The lowest BCUT2D eigenvalue weighted by atomic mass is 10.0. The van der Waals surface area contributed by atoms with Crippen LogP contribution in [0.3, 0.4) is 0 Å². The molecule has 3 aromatic rings. The zero-order valence-corrected chi connectivity index (χ0v) is 16.6. The first-order valence-electron chi connectivity index (χ1n) is 8.56. The summed E-state index contributed by atoms with van der Waals surface area (Å²) in [4.78, 5) is 22.9. The third-order valence-electron chi connectivity index (χ3n) is 4.03. The predicted octanol–water partition coefficient (Wildman–Crippen LogP) is 5.91. The Morgan fingerprint density at radius 3 is 2.22 bits per heavy atom. The molecule has 3 rings (SSSR count). The summed E-state index contributed by atoms with van der Waals surface area (Å²) < 4.78 is 88.8. The number of hydrogen-bond acceptors (Lipinski definition) is 4. The minimum Gasteiger partial charge on any atom is -0.477 e. The molecule has 2 aromatic carbocycles. The van der Waals surface area contributed by atoms with Crippen LogP contribution in [0.5, 0.6) is 5.75 Å². The van der Waals surface area contributed by atoms with Gasteiger partial charge in [-0.05, 0) is 29.1 Å². The highest BCUT2D eigenvalue weighted by Crippen LogP contribution is 2.36. The Balaban J connectivity index is 2.04. The van der Waals surface area contributed by atoms with Crippen LogP contribution in [0.4, 0.5) is 32.0 Å². The zero-order chi connectivity index (χ0) is 23.8. The molecule has 0 aliphatic heterocycles. The number of nitrogens with one attached hydrogen (secondary N) is 1. The van der Waals surface area contributed by atoms with E-state index in [1.165, 1.54) is 5.38 Å². The van der Waals surface area contributed by atoms with Crippen molar-refractivity contribution in [3.8, 4) is 16.9 Å². The van der Waals surface area contributed by atoms with E-state index in [0.717, 1.165) is 30.3 Å². The monoisotopic (exact) mass is 475 g/mol. The fourth-order valence-corrected chi connectivity index (χ4v) is 3.48. The van der Waals surface area contributed by atoms with E-state index in [2.05, 4.69) is 4.74 Å². The number of ether oxygens (including phenoxy) is 1. The van der Waals surface area contributed by atoms with E-state index >= 15 is 0 Å². The van der Waals surface area contributed by atoms with Crippen molar-refractivity contribution in [2.75, 3.05) is 5.32 Å². The Labute approximate surface area is 179 Å². The number of rotatable bonds is 6. The lowest BCUT2D eigenvalue weighted by molar-refractivity contribution is -0.158. The average Bonchev–Trinajstić information content (AvgIpc) is 3.19. The number of halogens is 6. The van der Waals surface area contributed by atoms with Gasteiger partial charge in [0.15, 0.2) is 23.3 Å². The van der Waals surface area contributed by atoms with E-state index in [1.54, 1.807) is 5.32 Å². The van der Waals surface area contributed by atoms with E-state index in [9.17, 15) is 35.9 Å². The number of anilines is 1. The summed E-state index contributed by atoms with van der Waals surface area (Å²) in [7, 11) is 0. The molecular formula is C20H11F6NO4S. The van der Waals surface area contributed by atoms with Crippen LogP contribution >= 0.6 is 11.3 Å². The van der Waals surface area contributed by atoms with Crippen LogP contribution in [0.25, 0.3) is 11.1 Å². The number of amides is 1. The highest BCUT2D eigenvalue weighted by Gasteiger charge is 2.29. The van der Waals surface area contributed by atoms with Crippen LogP contribution in [0.1, 0.15) is 27.0 Å². The van der Waals surface area contributed by atoms with E-state index in [0.29, 0.717) is 18.3 Å². The minimum atomic E-state index is -3.63. The fourth-order valence-electron chi connectivity index (χ4n) is 2.75. The van der Waals surface area contributed by atoms with Crippen molar-refractivity contribution in [3.05, 3.63) is 69.4 Å². The number of aromatic carboxylic acids is 1. The van der Waals surface area contributed by atoms with Gasteiger partial charge in [-0.25, -0.2) is 22.4 Å². The average molecular weight is 475 g/mol. The van der Waals surface area contributed by atoms with Crippen LogP contribution in [0.15, 0.2) is 35.7 Å². The van der Waals surface area contributed by atoms with Crippen molar-refractivity contribution >= 4 is 28.9 Å². The molecule has 0 unspecified atom stereocenters.